The number of hydrogen-bond acceptors (Lipinski definition) is 3. The highest BCUT2D eigenvalue weighted by Crippen LogP contribution is 2.46. The van der Waals surface area contributed by atoms with Crippen molar-refractivity contribution in [2.45, 2.75) is 13.3 Å². The number of ketones is 1. The summed E-state index contributed by atoms with van der Waals surface area (Å²) >= 11 is 2.27. The zero-order valence-corrected chi connectivity index (χ0v) is 21.0. The lowest BCUT2D eigenvalue weighted by Crippen LogP contribution is -2.37. The summed E-state index contributed by atoms with van der Waals surface area (Å²) in [5.41, 5.74) is 0. The van der Waals surface area contributed by atoms with Gasteiger partial charge < -0.3 is 4.74 Å². The van der Waals surface area contributed by atoms with Gasteiger partial charge in [-0.3, -0.25) is 4.79 Å². The monoisotopic (exact) mass is 556 g/mol. The Balaban J connectivity index is 2.56. The minimum absolute atomic E-state index is 0.200. The Morgan fingerprint density at radius 1 is 0.812 bits per heavy atom. The van der Waals surface area contributed by atoms with Gasteiger partial charge in [0.05, 0.1) is 6.61 Å². The van der Waals surface area contributed by atoms with E-state index in [0.29, 0.717) is 0 Å². The molecule has 3 rings (SSSR count). The summed E-state index contributed by atoms with van der Waals surface area (Å²) in [6.45, 7) is -0.851. The van der Waals surface area contributed by atoms with Crippen molar-refractivity contribution in [3.63, 3.8) is 0 Å². The lowest BCUT2D eigenvalue weighted by molar-refractivity contribution is -0.135. The van der Waals surface area contributed by atoms with Crippen LogP contribution in [0.15, 0.2) is 103 Å². The zero-order chi connectivity index (χ0) is 22.8. The van der Waals surface area contributed by atoms with Crippen LogP contribution in [0.4, 0.5) is 0 Å². The van der Waals surface area contributed by atoms with Crippen molar-refractivity contribution in [3.8, 4) is 0 Å². The molecular weight excluding hydrogens is 530 g/mol. The molecule has 3 aromatic carbocycles. The van der Waals surface area contributed by atoms with E-state index >= 15 is 0 Å². The molecule has 5 heteroatoms. The van der Waals surface area contributed by atoms with Gasteiger partial charge >= 0.3 is 5.97 Å². The summed E-state index contributed by atoms with van der Waals surface area (Å²) < 4.78 is 6.39. The second-order valence-corrected chi connectivity index (χ2v) is 11.4. The second-order valence-electron chi connectivity index (χ2n) is 6.99. The predicted molar refractivity (Wildman–Crippen MR) is 144 cm³/mol. The van der Waals surface area contributed by atoms with E-state index in [1.54, 1.807) is 6.92 Å². The first-order valence-corrected chi connectivity index (χ1v) is 13.8. The molecule has 3 aromatic rings. The summed E-state index contributed by atoms with van der Waals surface area (Å²) in [4.78, 5) is 27.2. The fourth-order valence-corrected chi connectivity index (χ4v) is 8.35. The standard InChI is InChI=1S/C27H26IO3P/c1-2-31-27(30)26(25(29)20-12-13-21-28)32(22-14-6-3-7-15-22,23-16-8-4-9-17-23)24-18-10-5-11-19-24/h3-12,14-20H,2,13,21H2,1H3/b20-12+. The zero-order valence-electron chi connectivity index (χ0n) is 18.0. The number of alkyl halides is 1. The van der Waals surface area contributed by atoms with Crippen LogP contribution in [-0.2, 0) is 14.3 Å². The second kappa shape index (κ2) is 12.0. The number of allylic oxidation sites excluding steroid dienone is 2. The predicted octanol–water partition coefficient (Wildman–Crippen LogP) is 4.67. The number of ether oxygens (including phenoxy) is 1. The highest BCUT2D eigenvalue weighted by atomic mass is 127. The SMILES string of the molecule is CCOC(=O)C(C(=O)/C=C/CCI)=P(c1ccccc1)(c1ccccc1)c1ccccc1. The quantitative estimate of drug-likeness (QED) is 0.0962. The molecule has 3 nitrogen and oxygen atoms in total. The van der Waals surface area contributed by atoms with Gasteiger partial charge in [0.15, 0.2) is 5.78 Å². The minimum atomic E-state index is -2.81. The van der Waals surface area contributed by atoms with Crippen LogP contribution in [0.5, 0.6) is 0 Å². The van der Waals surface area contributed by atoms with E-state index in [0.717, 1.165) is 26.8 Å². The maximum absolute atomic E-state index is 13.7. The Labute approximate surface area is 203 Å². The molecule has 32 heavy (non-hydrogen) atoms. The third kappa shape index (κ3) is 5.13. The van der Waals surface area contributed by atoms with Gasteiger partial charge in [0.25, 0.3) is 0 Å². The summed E-state index contributed by atoms with van der Waals surface area (Å²) in [6.07, 6.45) is 4.13. The minimum Gasteiger partial charge on any atom is -0.462 e. The van der Waals surface area contributed by atoms with Crippen LogP contribution in [0.1, 0.15) is 13.3 Å². The number of carbonyl (C=O) groups excluding carboxylic acids is 2. The third-order valence-electron chi connectivity index (χ3n) is 5.01. The highest BCUT2D eigenvalue weighted by molar-refractivity contribution is 14.1. The van der Waals surface area contributed by atoms with Crippen molar-refractivity contribution in [1.82, 2.24) is 0 Å². The first kappa shape index (κ1) is 24.2. The lowest BCUT2D eigenvalue weighted by Gasteiger charge is -2.31. The molecule has 0 radical (unpaired) electrons. The van der Waals surface area contributed by atoms with E-state index in [1.807, 2.05) is 97.1 Å². The van der Waals surface area contributed by atoms with Gasteiger partial charge in [0, 0.05) is 4.43 Å². The van der Waals surface area contributed by atoms with E-state index in [4.69, 9.17) is 4.74 Å². The van der Waals surface area contributed by atoms with Crippen molar-refractivity contribution >= 4 is 62.4 Å². The lowest BCUT2D eigenvalue weighted by atomic mass is 10.2. The third-order valence-corrected chi connectivity index (χ3v) is 9.93. The molecule has 0 aliphatic heterocycles. The summed E-state index contributed by atoms with van der Waals surface area (Å²) in [5.74, 6) is -0.847. The van der Waals surface area contributed by atoms with Crippen LogP contribution in [0.2, 0.25) is 0 Å². The largest absolute Gasteiger partial charge is 0.462 e. The molecule has 0 saturated heterocycles. The molecule has 0 unspecified atom stereocenters. The summed E-state index contributed by atoms with van der Waals surface area (Å²) in [6, 6.07) is 29.6. The van der Waals surface area contributed by atoms with Crippen LogP contribution >= 0.6 is 29.5 Å². The van der Waals surface area contributed by atoms with Gasteiger partial charge in [-0.25, -0.2) is 4.79 Å². The number of hydrogen-bond donors (Lipinski definition) is 0. The van der Waals surface area contributed by atoms with Crippen LogP contribution in [-0.4, -0.2) is 28.1 Å². The van der Waals surface area contributed by atoms with Crippen molar-refractivity contribution in [1.29, 1.82) is 0 Å². The van der Waals surface area contributed by atoms with Crippen LogP contribution in [0.25, 0.3) is 0 Å². The molecule has 0 amide bonds. The Hall–Kier alpha value is -2.43. The van der Waals surface area contributed by atoms with E-state index in [2.05, 4.69) is 22.6 Å². The Morgan fingerprint density at radius 3 is 1.62 bits per heavy atom. The average Bonchev–Trinajstić information content (AvgIpc) is 2.84. The van der Waals surface area contributed by atoms with E-state index in [-0.39, 0.29) is 17.7 Å². The number of carbonyl (C=O) groups is 2. The first-order valence-electron chi connectivity index (χ1n) is 10.5. The van der Waals surface area contributed by atoms with Crippen LogP contribution in [0.3, 0.4) is 0 Å². The van der Waals surface area contributed by atoms with Crippen molar-refractivity contribution in [2.75, 3.05) is 11.0 Å². The van der Waals surface area contributed by atoms with Crippen LogP contribution < -0.4 is 15.9 Å². The van der Waals surface area contributed by atoms with E-state index < -0.39 is 12.9 Å². The fourth-order valence-electron chi connectivity index (χ4n) is 3.72. The molecule has 0 atom stereocenters. The molecule has 0 spiro atoms. The van der Waals surface area contributed by atoms with Crippen LogP contribution in [0, 0.1) is 0 Å². The Bertz CT molecular complexity index is 1020. The molecule has 0 heterocycles. The molecule has 0 aliphatic rings. The molecule has 0 fully saturated rings. The molecule has 0 aliphatic carbocycles. The first-order chi connectivity index (χ1) is 15.7. The van der Waals surface area contributed by atoms with E-state index in [9.17, 15) is 9.59 Å². The van der Waals surface area contributed by atoms with Crippen molar-refractivity contribution < 1.29 is 14.3 Å². The summed E-state index contributed by atoms with van der Waals surface area (Å²) in [5, 5.41) is 3.02. The van der Waals surface area contributed by atoms with Crippen molar-refractivity contribution in [3.05, 3.63) is 103 Å². The maximum atomic E-state index is 13.7. The van der Waals surface area contributed by atoms with Gasteiger partial charge in [0.1, 0.15) is 5.29 Å². The van der Waals surface area contributed by atoms with Gasteiger partial charge in [-0.15, -0.1) is 0 Å². The number of rotatable bonds is 9. The summed E-state index contributed by atoms with van der Waals surface area (Å²) in [7, 11) is 0. The Morgan fingerprint density at radius 2 is 1.25 bits per heavy atom. The molecular formula is C27H26IO3P. The molecule has 0 saturated carbocycles. The van der Waals surface area contributed by atoms with Gasteiger partial charge in [0.2, 0.25) is 0 Å². The average molecular weight is 556 g/mol. The Kier molecular flexibility index (Phi) is 9.07. The molecule has 0 aromatic heterocycles. The molecule has 164 valence electrons. The smallest absolute Gasteiger partial charge is 0.343 e. The number of halogens is 1. The maximum Gasteiger partial charge on any atom is 0.343 e. The normalized spacial score (nSPS) is 11.3. The highest BCUT2D eigenvalue weighted by Gasteiger charge is 2.36. The molecule has 0 N–H and O–H groups in total. The van der Waals surface area contributed by atoms with Gasteiger partial charge in [-0.2, -0.15) is 0 Å². The van der Waals surface area contributed by atoms with Gasteiger partial charge in [-0.05, 0) is 42.2 Å². The number of esters is 1. The van der Waals surface area contributed by atoms with Crippen molar-refractivity contribution in [2.24, 2.45) is 0 Å². The van der Waals surface area contributed by atoms with E-state index in [1.165, 1.54) is 6.08 Å². The number of benzene rings is 3. The fraction of sp³-hybridized carbons (Fsp3) is 0.148. The topological polar surface area (TPSA) is 43.4 Å². The van der Waals surface area contributed by atoms with Gasteiger partial charge in [-0.1, -0.05) is 120 Å². The molecule has 0 bridgehead atoms.